The van der Waals surface area contributed by atoms with Crippen LogP contribution < -0.4 is 15.4 Å². The van der Waals surface area contributed by atoms with Gasteiger partial charge < -0.3 is 10.1 Å². The van der Waals surface area contributed by atoms with Gasteiger partial charge in [0.25, 0.3) is 5.91 Å². The number of halogens is 1. The Bertz CT molecular complexity index is 1290. The van der Waals surface area contributed by atoms with Crippen LogP contribution in [0.3, 0.4) is 0 Å². The van der Waals surface area contributed by atoms with Crippen molar-refractivity contribution in [2.24, 2.45) is 0 Å². The topological polar surface area (TPSA) is 81.1 Å². The molecule has 0 unspecified atom stereocenters. The molecule has 9 heteroatoms. The molecule has 2 N–H and O–H groups in total. The number of nitrogens with zero attached hydrogens (tertiary/aromatic N) is 3. The Hall–Kier alpha value is -3.49. The normalized spacial score (nSPS) is 10.9. The quantitative estimate of drug-likeness (QED) is 0.404. The summed E-state index contributed by atoms with van der Waals surface area (Å²) >= 11 is 11.7. The first-order chi connectivity index (χ1) is 15.4. The fourth-order valence-corrected chi connectivity index (χ4v) is 3.43. The van der Waals surface area contributed by atoms with Gasteiger partial charge in [0.2, 0.25) is 0 Å². The molecule has 0 bridgehead atoms. The average molecular weight is 466 g/mol. The van der Waals surface area contributed by atoms with Gasteiger partial charge in [0.15, 0.2) is 5.11 Å². The Morgan fingerprint density at radius 1 is 1.03 bits per heavy atom. The number of nitrogens with one attached hydrogen (secondary N) is 2. The van der Waals surface area contributed by atoms with E-state index in [0.29, 0.717) is 33.1 Å². The second-order valence-electron chi connectivity index (χ2n) is 7.25. The molecule has 0 aliphatic heterocycles. The molecule has 0 saturated heterocycles. The zero-order valence-corrected chi connectivity index (χ0v) is 18.9. The van der Waals surface area contributed by atoms with Crippen LogP contribution in [-0.4, -0.2) is 32.1 Å². The summed E-state index contributed by atoms with van der Waals surface area (Å²) in [6.45, 7) is 3.84. The molecule has 0 spiro atoms. The van der Waals surface area contributed by atoms with E-state index >= 15 is 0 Å². The van der Waals surface area contributed by atoms with Crippen LogP contribution in [0.25, 0.3) is 16.7 Å². The number of rotatable bonds is 5. The van der Waals surface area contributed by atoms with Crippen molar-refractivity contribution in [1.29, 1.82) is 0 Å². The molecule has 0 aliphatic carbocycles. The van der Waals surface area contributed by atoms with Gasteiger partial charge in [0.05, 0.1) is 22.5 Å². The van der Waals surface area contributed by atoms with E-state index in [-0.39, 0.29) is 17.1 Å². The Balaban J connectivity index is 1.48. The second-order valence-corrected chi connectivity index (χ2v) is 8.06. The highest BCUT2D eigenvalue weighted by atomic mass is 35.5. The van der Waals surface area contributed by atoms with E-state index in [2.05, 4.69) is 20.8 Å². The summed E-state index contributed by atoms with van der Waals surface area (Å²) in [4.78, 5) is 14.1. The monoisotopic (exact) mass is 465 g/mol. The number of para-hydroxylation sites is 1. The predicted molar refractivity (Wildman–Crippen MR) is 130 cm³/mol. The smallest absolute Gasteiger partial charge is 0.257 e. The van der Waals surface area contributed by atoms with Crippen LogP contribution in [-0.2, 0) is 0 Å². The maximum absolute atomic E-state index is 12.6. The van der Waals surface area contributed by atoms with Gasteiger partial charge in [0.1, 0.15) is 16.8 Å². The standard InChI is InChI=1S/C23H20ClN5O2S/c1-14(2)31-17-10-6-7-15(11-17)22(30)26-23(32)25-19-13-21-20(12-18(19)24)27-29(28-21)16-8-4-3-5-9-16/h3-14H,1-2H3,(H2,25,26,30,32). The Labute approximate surface area is 195 Å². The van der Waals surface area contributed by atoms with Crippen molar-refractivity contribution in [3.05, 3.63) is 77.3 Å². The lowest BCUT2D eigenvalue weighted by Gasteiger charge is -2.12. The van der Waals surface area contributed by atoms with Crippen LogP contribution in [0.4, 0.5) is 5.69 Å². The van der Waals surface area contributed by atoms with Crippen molar-refractivity contribution in [2.45, 2.75) is 20.0 Å². The zero-order chi connectivity index (χ0) is 22.7. The molecule has 3 aromatic carbocycles. The van der Waals surface area contributed by atoms with Gasteiger partial charge in [0, 0.05) is 5.56 Å². The van der Waals surface area contributed by atoms with E-state index in [0.717, 1.165) is 5.69 Å². The molecule has 1 amide bonds. The van der Waals surface area contributed by atoms with Crippen molar-refractivity contribution < 1.29 is 9.53 Å². The maximum atomic E-state index is 12.6. The molecule has 162 valence electrons. The molecule has 0 radical (unpaired) electrons. The summed E-state index contributed by atoms with van der Waals surface area (Å²) in [7, 11) is 0. The van der Waals surface area contributed by atoms with Gasteiger partial charge >= 0.3 is 0 Å². The lowest BCUT2D eigenvalue weighted by molar-refractivity contribution is 0.0977. The number of fused-ring (bicyclic) bond motifs is 1. The number of hydrogen-bond donors (Lipinski definition) is 2. The maximum Gasteiger partial charge on any atom is 0.257 e. The van der Waals surface area contributed by atoms with E-state index in [1.807, 2.05) is 44.2 Å². The highest BCUT2D eigenvalue weighted by Gasteiger charge is 2.13. The number of aromatic nitrogens is 3. The minimum atomic E-state index is -0.357. The fraction of sp³-hybridized carbons (Fsp3) is 0.130. The number of carbonyl (C=O) groups is 1. The van der Waals surface area contributed by atoms with E-state index < -0.39 is 0 Å². The van der Waals surface area contributed by atoms with E-state index in [1.165, 1.54) is 4.80 Å². The third-order valence-electron chi connectivity index (χ3n) is 4.40. The van der Waals surface area contributed by atoms with E-state index in [9.17, 15) is 4.79 Å². The number of amides is 1. The van der Waals surface area contributed by atoms with E-state index in [1.54, 1.807) is 36.4 Å². The third kappa shape index (κ3) is 5.04. The Morgan fingerprint density at radius 2 is 1.75 bits per heavy atom. The van der Waals surface area contributed by atoms with E-state index in [4.69, 9.17) is 28.6 Å². The van der Waals surface area contributed by atoms with Crippen molar-refractivity contribution in [2.75, 3.05) is 5.32 Å². The number of benzene rings is 3. The number of carbonyl (C=O) groups excluding carboxylic acids is 1. The van der Waals surface area contributed by atoms with Crippen LogP contribution in [0.2, 0.25) is 5.02 Å². The van der Waals surface area contributed by atoms with Gasteiger partial charge in [-0.1, -0.05) is 35.9 Å². The summed E-state index contributed by atoms with van der Waals surface area (Å²) in [5.41, 5.74) is 3.05. The molecule has 4 aromatic rings. The summed E-state index contributed by atoms with van der Waals surface area (Å²) in [6.07, 6.45) is 0.00738. The average Bonchev–Trinajstić information content (AvgIpc) is 3.17. The van der Waals surface area contributed by atoms with Crippen molar-refractivity contribution in [3.8, 4) is 11.4 Å². The lowest BCUT2D eigenvalue weighted by Crippen LogP contribution is -2.34. The molecule has 0 atom stereocenters. The fourth-order valence-electron chi connectivity index (χ4n) is 3.02. The molecule has 1 aromatic heterocycles. The third-order valence-corrected chi connectivity index (χ3v) is 4.92. The molecule has 0 fully saturated rings. The molecule has 7 nitrogen and oxygen atoms in total. The van der Waals surface area contributed by atoms with Crippen LogP contribution in [0, 0.1) is 0 Å². The van der Waals surface area contributed by atoms with Gasteiger partial charge in [-0.2, -0.15) is 4.80 Å². The van der Waals surface area contributed by atoms with Crippen molar-refractivity contribution in [3.63, 3.8) is 0 Å². The molecule has 4 rings (SSSR count). The molecule has 32 heavy (non-hydrogen) atoms. The van der Waals surface area contributed by atoms with Crippen LogP contribution >= 0.6 is 23.8 Å². The minimum absolute atomic E-state index is 0.00738. The first-order valence-corrected chi connectivity index (χ1v) is 10.7. The summed E-state index contributed by atoms with van der Waals surface area (Å²) in [6, 6.07) is 19.9. The number of hydrogen-bond acceptors (Lipinski definition) is 5. The second kappa shape index (κ2) is 9.33. The van der Waals surface area contributed by atoms with Gasteiger partial charge in [-0.25, -0.2) is 0 Å². The highest BCUT2D eigenvalue weighted by Crippen LogP contribution is 2.27. The summed E-state index contributed by atoms with van der Waals surface area (Å²) in [5.74, 6) is 0.255. The van der Waals surface area contributed by atoms with Gasteiger partial charge in [-0.15, -0.1) is 10.2 Å². The Kier molecular flexibility index (Phi) is 6.34. The largest absolute Gasteiger partial charge is 0.491 e. The van der Waals surface area contributed by atoms with Gasteiger partial charge in [-0.3, -0.25) is 10.1 Å². The molecule has 0 aliphatic rings. The van der Waals surface area contributed by atoms with Crippen LogP contribution in [0.5, 0.6) is 5.75 Å². The first kappa shape index (κ1) is 21.7. The van der Waals surface area contributed by atoms with Crippen molar-refractivity contribution >= 4 is 51.6 Å². The number of thiocarbonyl (C=S) groups is 1. The van der Waals surface area contributed by atoms with Gasteiger partial charge in [-0.05, 0) is 68.5 Å². The molecule has 1 heterocycles. The number of anilines is 1. The highest BCUT2D eigenvalue weighted by molar-refractivity contribution is 7.80. The van der Waals surface area contributed by atoms with Crippen molar-refractivity contribution in [1.82, 2.24) is 20.3 Å². The van der Waals surface area contributed by atoms with Crippen LogP contribution in [0.1, 0.15) is 24.2 Å². The first-order valence-electron chi connectivity index (χ1n) is 9.90. The predicted octanol–water partition coefficient (Wildman–Crippen LogP) is 4.99. The summed E-state index contributed by atoms with van der Waals surface area (Å²) in [5, 5.41) is 15.1. The molecular weight excluding hydrogens is 446 g/mol. The lowest BCUT2D eigenvalue weighted by atomic mass is 10.2. The zero-order valence-electron chi connectivity index (χ0n) is 17.4. The van der Waals surface area contributed by atoms with Crippen LogP contribution in [0.15, 0.2) is 66.7 Å². The molecular formula is C23H20ClN5O2S. The minimum Gasteiger partial charge on any atom is -0.491 e. The molecule has 0 saturated carbocycles. The Morgan fingerprint density at radius 3 is 2.47 bits per heavy atom. The number of ether oxygens (including phenoxy) is 1. The summed E-state index contributed by atoms with van der Waals surface area (Å²) < 4.78 is 5.64. The SMILES string of the molecule is CC(C)Oc1cccc(C(=O)NC(=S)Nc2cc3nn(-c4ccccc4)nc3cc2Cl)c1.